The molecule has 4 atom stereocenters. The van der Waals surface area contributed by atoms with Crippen LogP contribution in [-0.4, -0.2) is 9.55 Å². The minimum atomic E-state index is 0.649. The zero-order valence-corrected chi connectivity index (χ0v) is 12.7. The van der Waals surface area contributed by atoms with E-state index in [1.54, 1.807) is 0 Å². The second-order valence-corrected chi connectivity index (χ2v) is 7.70. The van der Waals surface area contributed by atoms with Crippen LogP contribution in [0.1, 0.15) is 25.3 Å². The minimum Gasteiger partial charge on any atom is -0.369 e. The summed E-state index contributed by atoms with van der Waals surface area (Å²) in [5.41, 5.74) is 8.50. The summed E-state index contributed by atoms with van der Waals surface area (Å²) in [4.78, 5) is 4.57. The molecule has 2 bridgehead atoms. The van der Waals surface area contributed by atoms with Gasteiger partial charge in [0.1, 0.15) is 0 Å². The number of rotatable bonds is 1. The van der Waals surface area contributed by atoms with Gasteiger partial charge in [0.15, 0.2) is 0 Å². The number of halogens is 1. The summed E-state index contributed by atoms with van der Waals surface area (Å²) < 4.78 is 3.57. The fraction of sp³-hybridized carbons (Fsp3) is 0.533. The molecule has 4 heteroatoms. The Bertz CT molecular complexity index is 676. The van der Waals surface area contributed by atoms with E-state index in [1.807, 2.05) is 0 Å². The molecule has 4 unspecified atom stereocenters. The molecule has 1 aromatic heterocycles. The van der Waals surface area contributed by atoms with Crippen LogP contribution >= 0.6 is 22.6 Å². The van der Waals surface area contributed by atoms with E-state index in [1.165, 1.54) is 28.3 Å². The maximum Gasteiger partial charge on any atom is 0.201 e. The van der Waals surface area contributed by atoms with Crippen molar-refractivity contribution in [2.45, 2.75) is 25.3 Å². The molecular formula is C15H16IN3. The molecule has 0 saturated heterocycles. The normalized spacial score (nSPS) is 38.9. The van der Waals surface area contributed by atoms with Crippen molar-refractivity contribution in [3.8, 4) is 0 Å². The van der Waals surface area contributed by atoms with E-state index in [9.17, 15) is 0 Å². The minimum absolute atomic E-state index is 0.649. The highest BCUT2D eigenvalue weighted by Crippen LogP contribution is 2.72. The number of hydrogen-bond acceptors (Lipinski definition) is 2. The number of nitrogens with zero attached hydrogens (tertiary/aromatic N) is 2. The van der Waals surface area contributed by atoms with Gasteiger partial charge < -0.3 is 10.3 Å². The molecule has 5 rings (SSSR count). The van der Waals surface area contributed by atoms with Crippen LogP contribution in [-0.2, 0) is 0 Å². The van der Waals surface area contributed by atoms with Crippen molar-refractivity contribution in [2.24, 2.45) is 23.7 Å². The van der Waals surface area contributed by atoms with E-state index < -0.39 is 0 Å². The van der Waals surface area contributed by atoms with Crippen molar-refractivity contribution in [1.29, 1.82) is 0 Å². The summed E-state index contributed by atoms with van der Waals surface area (Å²) in [6.45, 7) is 0. The summed E-state index contributed by atoms with van der Waals surface area (Å²) in [6, 6.07) is 7.13. The van der Waals surface area contributed by atoms with Crippen molar-refractivity contribution in [3.05, 3.63) is 21.8 Å². The Labute approximate surface area is 125 Å². The Kier molecular flexibility index (Phi) is 1.99. The predicted molar refractivity (Wildman–Crippen MR) is 83.7 cm³/mol. The summed E-state index contributed by atoms with van der Waals surface area (Å²) >= 11 is 2.33. The van der Waals surface area contributed by atoms with Gasteiger partial charge in [0.25, 0.3) is 0 Å². The number of nitrogens with two attached hydrogens (primary N) is 1. The van der Waals surface area contributed by atoms with E-state index in [0.717, 1.165) is 35.1 Å². The molecule has 1 aromatic carbocycles. The first-order chi connectivity index (χ1) is 9.24. The molecule has 0 amide bonds. The monoisotopic (exact) mass is 365 g/mol. The maximum atomic E-state index is 6.21. The lowest BCUT2D eigenvalue weighted by Crippen LogP contribution is -2.08. The Morgan fingerprint density at radius 2 is 1.95 bits per heavy atom. The lowest BCUT2D eigenvalue weighted by Gasteiger charge is -2.12. The van der Waals surface area contributed by atoms with Crippen LogP contribution < -0.4 is 5.73 Å². The maximum absolute atomic E-state index is 6.21. The molecule has 3 aliphatic carbocycles. The zero-order valence-electron chi connectivity index (χ0n) is 10.6. The summed E-state index contributed by atoms with van der Waals surface area (Å²) in [5.74, 6) is 4.47. The van der Waals surface area contributed by atoms with Crippen LogP contribution in [0.15, 0.2) is 18.2 Å². The lowest BCUT2D eigenvalue weighted by atomic mass is 10.0. The van der Waals surface area contributed by atoms with Crippen molar-refractivity contribution >= 4 is 39.6 Å². The quantitative estimate of drug-likeness (QED) is 0.787. The number of nitrogen functional groups attached to an aromatic ring is 1. The zero-order chi connectivity index (χ0) is 12.7. The Hall–Kier alpha value is -0.780. The fourth-order valence-corrected chi connectivity index (χ4v) is 5.50. The van der Waals surface area contributed by atoms with Crippen molar-refractivity contribution in [2.75, 3.05) is 5.73 Å². The Balaban J connectivity index is 1.65. The summed E-state index contributed by atoms with van der Waals surface area (Å²) in [5, 5.41) is 0. The molecule has 3 saturated carbocycles. The van der Waals surface area contributed by atoms with E-state index in [0.29, 0.717) is 6.04 Å². The van der Waals surface area contributed by atoms with Crippen molar-refractivity contribution in [3.63, 3.8) is 0 Å². The average molecular weight is 365 g/mol. The van der Waals surface area contributed by atoms with Crippen molar-refractivity contribution in [1.82, 2.24) is 9.55 Å². The van der Waals surface area contributed by atoms with Gasteiger partial charge >= 0.3 is 0 Å². The first-order valence-corrected chi connectivity index (χ1v) is 8.25. The first kappa shape index (κ1) is 10.9. The van der Waals surface area contributed by atoms with Crippen LogP contribution in [0.4, 0.5) is 5.95 Å². The number of hydrogen-bond donors (Lipinski definition) is 1. The highest BCUT2D eigenvalue weighted by molar-refractivity contribution is 14.1. The Morgan fingerprint density at radius 1 is 1.21 bits per heavy atom. The molecule has 0 aliphatic heterocycles. The summed E-state index contributed by atoms with van der Waals surface area (Å²) in [6.07, 6.45) is 4.38. The molecule has 19 heavy (non-hydrogen) atoms. The van der Waals surface area contributed by atoms with Gasteiger partial charge in [-0.2, -0.15) is 0 Å². The molecule has 2 N–H and O–H groups in total. The van der Waals surface area contributed by atoms with Gasteiger partial charge in [-0.1, -0.05) is 0 Å². The standard InChI is InChI=1S/C15H16IN3/c16-9-3-4-11-10(6-9)18-15(17)19(11)14-12-7-1-2-8(5-7)13(12)14/h3-4,6-8,12-14H,1-2,5H2,(H2,17,18). The van der Waals surface area contributed by atoms with Crippen LogP contribution in [0.5, 0.6) is 0 Å². The molecule has 3 fully saturated rings. The number of anilines is 1. The van der Waals surface area contributed by atoms with Crippen molar-refractivity contribution < 1.29 is 0 Å². The average Bonchev–Trinajstić information content (AvgIpc) is 2.74. The van der Waals surface area contributed by atoms with E-state index >= 15 is 0 Å². The summed E-state index contributed by atoms with van der Waals surface area (Å²) in [7, 11) is 0. The van der Waals surface area contributed by atoms with Gasteiger partial charge in [0.2, 0.25) is 5.95 Å². The highest BCUT2D eigenvalue weighted by atomic mass is 127. The molecule has 2 aromatic rings. The molecule has 0 spiro atoms. The second kappa shape index (κ2) is 3.45. The van der Waals surface area contributed by atoms with Gasteiger partial charge in [0.05, 0.1) is 11.0 Å². The van der Waals surface area contributed by atoms with E-state index in [4.69, 9.17) is 5.73 Å². The lowest BCUT2D eigenvalue weighted by molar-refractivity contribution is 0.456. The second-order valence-electron chi connectivity index (χ2n) is 6.45. The topological polar surface area (TPSA) is 43.8 Å². The molecule has 3 nitrogen and oxygen atoms in total. The third-order valence-electron chi connectivity index (χ3n) is 5.67. The number of fused-ring (bicyclic) bond motifs is 6. The van der Waals surface area contributed by atoms with Gasteiger partial charge in [-0.25, -0.2) is 4.98 Å². The third-order valence-corrected chi connectivity index (χ3v) is 6.34. The number of benzene rings is 1. The van der Waals surface area contributed by atoms with Crippen LogP contribution in [0.25, 0.3) is 11.0 Å². The molecule has 98 valence electrons. The molecular weight excluding hydrogens is 349 g/mol. The predicted octanol–water partition coefficient (Wildman–Crippen LogP) is 3.44. The molecule has 1 heterocycles. The molecule has 3 aliphatic rings. The van der Waals surface area contributed by atoms with Crippen LogP contribution in [0.2, 0.25) is 0 Å². The smallest absolute Gasteiger partial charge is 0.201 e. The van der Waals surface area contributed by atoms with Gasteiger partial charge in [-0.15, -0.1) is 0 Å². The first-order valence-electron chi connectivity index (χ1n) is 7.17. The van der Waals surface area contributed by atoms with E-state index in [-0.39, 0.29) is 0 Å². The van der Waals surface area contributed by atoms with Gasteiger partial charge in [-0.05, 0) is 83.7 Å². The molecule has 0 radical (unpaired) electrons. The van der Waals surface area contributed by atoms with Gasteiger partial charge in [0, 0.05) is 9.61 Å². The Morgan fingerprint density at radius 3 is 2.68 bits per heavy atom. The largest absolute Gasteiger partial charge is 0.369 e. The van der Waals surface area contributed by atoms with Crippen LogP contribution in [0, 0.1) is 27.2 Å². The van der Waals surface area contributed by atoms with Gasteiger partial charge in [-0.3, -0.25) is 0 Å². The third kappa shape index (κ3) is 1.31. The fourth-order valence-electron chi connectivity index (χ4n) is 5.03. The number of aromatic nitrogens is 2. The number of imidazole rings is 1. The SMILES string of the molecule is Nc1nc2cc(I)ccc2n1C1C2C3CCC(C3)C21. The van der Waals surface area contributed by atoms with Crippen LogP contribution in [0.3, 0.4) is 0 Å². The van der Waals surface area contributed by atoms with E-state index in [2.05, 4.69) is 50.3 Å². The highest BCUT2D eigenvalue weighted by Gasteiger charge is 2.66.